The van der Waals surface area contributed by atoms with E-state index in [2.05, 4.69) is 5.32 Å². The molecule has 1 fully saturated rings. The highest BCUT2D eigenvalue weighted by atomic mass is 35.5. The highest BCUT2D eigenvalue weighted by molar-refractivity contribution is 6.30. The van der Waals surface area contributed by atoms with Crippen LogP contribution in [0.15, 0.2) is 72.8 Å². The highest BCUT2D eigenvalue weighted by Gasteiger charge is 2.31. The number of hydrogen-bond acceptors (Lipinski definition) is 2. The van der Waals surface area contributed by atoms with E-state index in [4.69, 9.17) is 11.6 Å². The number of fused-ring (bicyclic) bond motifs is 2. The smallest absolute Gasteiger partial charge is 0.327 e. The van der Waals surface area contributed by atoms with Crippen LogP contribution in [0.5, 0.6) is 0 Å². The van der Waals surface area contributed by atoms with E-state index in [-0.39, 0.29) is 11.9 Å². The van der Waals surface area contributed by atoms with Crippen LogP contribution in [0.25, 0.3) is 12.2 Å². The van der Waals surface area contributed by atoms with E-state index in [1.165, 1.54) is 0 Å². The molecule has 5 nitrogen and oxygen atoms in total. The molecular formula is C28H26ClN3O2. The lowest BCUT2D eigenvalue weighted by Gasteiger charge is -2.29. The van der Waals surface area contributed by atoms with Crippen LogP contribution in [0.3, 0.4) is 0 Å². The number of amides is 3. The van der Waals surface area contributed by atoms with Crippen LogP contribution >= 0.6 is 11.6 Å². The van der Waals surface area contributed by atoms with Crippen molar-refractivity contribution in [3.05, 3.63) is 94.5 Å². The van der Waals surface area contributed by atoms with E-state index in [1.807, 2.05) is 89.8 Å². The van der Waals surface area contributed by atoms with Gasteiger partial charge in [-0.05, 0) is 60.2 Å². The lowest BCUT2D eigenvalue weighted by molar-refractivity contribution is -0.133. The van der Waals surface area contributed by atoms with Crippen molar-refractivity contribution in [1.82, 2.24) is 10.2 Å². The number of nitrogens with one attached hydrogen (secondary N) is 1. The molecule has 34 heavy (non-hydrogen) atoms. The molecule has 5 rings (SSSR count). The molecule has 1 saturated heterocycles. The number of nitrogens with zero attached hydrogens (tertiary/aromatic N) is 2. The molecule has 3 aromatic rings. The van der Waals surface area contributed by atoms with Gasteiger partial charge >= 0.3 is 6.03 Å². The van der Waals surface area contributed by atoms with Crippen LogP contribution in [-0.2, 0) is 11.3 Å². The predicted molar refractivity (Wildman–Crippen MR) is 137 cm³/mol. The summed E-state index contributed by atoms with van der Waals surface area (Å²) >= 11 is 6.14. The first-order valence-corrected chi connectivity index (χ1v) is 12.0. The fraction of sp³-hybridized carbons (Fsp3) is 0.214. The largest absolute Gasteiger partial charge is 0.337 e. The molecule has 0 saturated carbocycles. The van der Waals surface area contributed by atoms with Crippen LogP contribution < -0.4 is 10.2 Å². The van der Waals surface area contributed by atoms with Crippen molar-refractivity contribution in [2.75, 3.05) is 11.4 Å². The maximum absolute atomic E-state index is 13.7. The van der Waals surface area contributed by atoms with Crippen LogP contribution in [-0.4, -0.2) is 29.4 Å². The summed E-state index contributed by atoms with van der Waals surface area (Å²) in [5.74, 6) is -0.0552. The van der Waals surface area contributed by atoms with Crippen molar-refractivity contribution in [1.29, 1.82) is 0 Å². The van der Waals surface area contributed by atoms with Gasteiger partial charge in [0.05, 0.1) is 11.4 Å². The van der Waals surface area contributed by atoms with E-state index in [9.17, 15) is 9.59 Å². The zero-order valence-corrected chi connectivity index (χ0v) is 19.5. The topological polar surface area (TPSA) is 52.7 Å². The molecule has 0 aliphatic carbocycles. The number of hydrogen-bond donors (Lipinski definition) is 1. The molecule has 0 spiro atoms. The van der Waals surface area contributed by atoms with Crippen LogP contribution in [0.4, 0.5) is 16.2 Å². The Hall–Kier alpha value is -3.57. The molecule has 3 aromatic carbocycles. The molecule has 1 N–H and O–H groups in total. The lowest BCUT2D eigenvalue weighted by Crippen LogP contribution is -2.50. The molecule has 0 radical (unpaired) electrons. The molecular weight excluding hydrogens is 446 g/mol. The molecule has 1 atom stereocenters. The van der Waals surface area contributed by atoms with Gasteiger partial charge in [0.2, 0.25) is 5.91 Å². The highest BCUT2D eigenvalue weighted by Crippen LogP contribution is 2.36. The fourth-order valence-corrected chi connectivity index (χ4v) is 4.87. The third-order valence-electron chi connectivity index (χ3n) is 6.34. The average Bonchev–Trinajstić information content (AvgIpc) is 3.12. The molecule has 172 valence electrons. The molecule has 1 unspecified atom stereocenters. The summed E-state index contributed by atoms with van der Waals surface area (Å²) in [6.45, 7) is 1.14. The summed E-state index contributed by atoms with van der Waals surface area (Å²) < 4.78 is 0. The number of carbonyl (C=O) groups excluding carboxylic acids is 2. The van der Waals surface area contributed by atoms with Crippen molar-refractivity contribution in [3.8, 4) is 0 Å². The monoisotopic (exact) mass is 471 g/mol. The van der Waals surface area contributed by atoms with Crippen LogP contribution in [0.2, 0.25) is 5.02 Å². The number of rotatable bonds is 3. The second kappa shape index (κ2) is 9.74. The average molecular weight is 472 g/mol. The standard InChI is InChI=1S/C28H26ClN3O2/c29-23-11-7-8-20(18-23)19-31-17-6-5-12-24(27(31)33)30-28(34)32-25-13-3-1-9-21(25)15-16-22-10-2-4-14-26(22)32/h1-4,7-11,13-16,18,24H,5-6,12,17,19H2,(H,30,34). The second-order valence-electron chi connectivity index (χ2n) is 8.67. The van der Waals surface area contributed by atoms with Gasteiger partial charge < -0.3 is 10.2 Å². The summed E-state index contributed by atoms with van der Waals surface area (Å²) in [5, 5.41) is 3.71. The van der Waals surface area contributed by atoms with Crippen molar-refractivity contribution in [3.63, 3.8) is 0 Å². The first-order valence-electron chi connectivity index (χ1n) is 11.6. The summed E-state index contributed by atoms with van der Waals surface area (Å²) in [5.41, 5.74) is 4.46. The van der Waals surface area contributed by atoms with Gasteiger partial charge in [0.1, 0.15) is 6.04 Å². The number of benzene rings is 3. The van der Waals surface area contributed by atoms with Gasteiger partial charge in [-0.2, -0.15) is 0 Å². The number of likely N-dealkylation sites (tertiary alicyclic amines) is 1. The Balaban J connectivity index is 1.41. The number of anilines is 2. The third-order valence-corrected chi connectivity index (χ3v) is 6.58. The number of halogens is 1. The lowest BCUT2D eigenvalue weighted by atomic mass is 10.1. The summed E-state index contributed by atoms with van der Waals surface area (Å²) in [6.07, 6.45) is 6.43. The maximum atomic E-state index is 13.7. The molecule has 2 aliphatic rings. The van der Waals surface area contributed by atoms with E-state index >= 15 is 0 Å². The van der Waals surface area contributed by atoms with Crippen molar-refractivity contribution in [2.24, 2.45) is 0 Å². The SMILES string of the molecule is O=C1C(NC(=O)N2c3ccccc3C=Cc3ccccc32)CCCCN1Cc1cccc(Cl)c1. The number of para-hydroxylation sites is 2. The maximum Gasteiger partial charge on any atom is 0.327 e. The zero-order valence-electron chi connectivity index (χ0n) is 18.8. The van der Waals surface area contributed by atoms with E-state index in [0.717, 1.165) is 40.9 Å². The van der Waals surface area contributed by atoms with E-state index in [1.54, 1.807) is 4.90 Å². The summed E-state index contributed by atoms with van der Waals surface area (Å²) in [4.78, 5) is 30.7. The Morgan fingerprint density at radius 1 is 0.912 bits per heavy atom. The molecule has 2 heterocycles. The van der Waals surface area contributed by atoms with Gasteiger partial charge in [-0.25, -0.2) is 4.79 Å². The minimum absolute atomic E-state index is 0.0552. The Morgan fingerprint density at radius 3 is 2.26 bits per heavy atom. The van der Waals surface area contributed by atoms with Gasteiger partial charge in [0, 0.05) is 18.1 Å². The quantitative estimate of drug-likeness (QED) is 0.490. The first-order chi connectivity index (χ1) is 16.6. The van der Waals surface area contributed by atoms with Crippen molar-refractivity contribution in [2.45, 2.75) is 31.8 Å². The molecule has 3 amide bonds. The Morgan fingerprint density at radius 2 is 1.59 bits per heavy atom. The fourth-order valence-electron chi connectivity index (χ4n) is 4.66. The van der Waals surface area contributed by atoms with Crippen LogP contribution in [0, 0.1) is 0 Å². The summed E-state index contributed by atoms with van der Waals surface area (Å²) in [7, 11) is 0. The molecule has 0 bridgehead atoms. The predicted octanol–water partition coefficient (Wildman–Crippen LogP) is 6.25. The van der Waals surface area contributed by atoms with E-state index < -0.39 is 6.04 Å². The van der Waals surface area contributed by atoms with Gasteiger partial charge in [0.15, 0.2) is 0 Å². The van der Waals surface area contributed by atoms with Gasteiger partial charge in [-0.1, -0.05) is 72.3 Å². The Bertz CT molecular complexity index is 1210. The minimum Gasteiger partial charge on any atom is -0.337 e. The van der Waals surface area contributed by atoms with Gasteiger partial charge in [-0.15, -0.1) is 0 Å². The van der Waals surface area contributed by atoms with Crippen LogP contribution in [0.1, 0.15) is 36.0 Å². The Kier molecular flexibility index (Phi) is 6.37. The third kappa shape index (κ3) is 4.57. The van der Waals surface area contributed by atoms with Gasteiger partial charge in [0.25, 0.3) is 0 Å². The zero-order chi connectivity index (χ0) is 23.5. The molecule has 2 aliphatic heterocycles. The minimum atomic E-state index is -0.579. The summed E-state index contributed by atoms with van der Waals surface area (Å²) in [6, 6.07) is 22.3. The second-order valence-corrected chi connectivity index (χ2v) is 9.11. The first kappa shape index (κ1) is 22.2. The number of carbonyl (C=O) groups is 2. The Labute approximate surface area is 204 Å². The van der Waals surface area contributed by atoms with Gasteiger partial charge in [-0.3, -0.25) is 9.69 Å². The van der Waals surface area contributed by atoms with Crippen molar-refractivity contribution < 1.29 is 9.59 Å². The number of urea groups is 1. The van der Waals surface area contributed by atoms with Crippen molar-refractivity contribution >= 4 is 47.1 Å². The normalized spacial score (nSPS) is 17.4. The molecule has 6 heteroatoms. The van der Waals surface area contributed by atoms with E-state index in [0.29, 0.717) is 24.5 Å². The molecule has 0 aromatic heterocycles.